The van der Waals surface area contributed by atoms with Crippen LogP contribution in [0.2, 0.25) is 0 Å². The Hall–Kier alpha value is -1.76. The monoisotopic (exact) mass is 254 g/mol. The first-order valence-corrected chi connectivity index (χ1v) is 7.11. The molecule has 2 rings (SSSR count). The smallest absolute Gasteiger partial charge is 0.127 e. The zero-order chi connectivity index (χ0) is 13.5. The fourth-order valence-electron chi connectivity index (χ4n) is 2.16. The number of hydrogen-bond donors (Lipinski definition) is 0. The van der Waals surface area contributed by atoms with E-state index < -0.39 is 0 Å². The van der Waals surface area contributed by atoms with Gasteiger partial charge in [0.25, 0.3) is 0 Å². The van der Waals surface area contributed by atoms with Crippen molar-refractivity contribution in [3.8, 4) is 11.5 Å². The summed E-state index contributed by atoms with van der Waals surface area (Å²) in [6, 6.07) is 16.6. The van der Waals surface area contributed by atoms with Crippen molar-refractivity contribution in [3.63, 3.8) is 0 Å². The van der Waals surface area contributed by atoms with Gasteiger partial charge >= 0.3 is 0 Å². The molecule has 2 aromatic rings. The van der Waals surface area contributed by atoms with E-state index in [0.29, 0.717) is 0 Å². The molecule has 100 valence electrons. The SMILES string of the molecule is CCCCCc1cccc(Oc2cccc(C)c2)c1. The molecular weight excluding hydrogens is 232 g/mol. The Bertz CT molecular complexity index is 517. The number of aryl methyl sites for hydroxylation is 2. The Morgan fingerprint density at radius 2 is 1.63 bits per heavy atom. The van der Waals surface area contributed by atoms with Gasteiger partial charge < -0.3 is 4.74 Å². The molecule has 0 saturated heterocycles. The highest BCUT2D eigenvalue weighted by atomic mass is 16.5. The summed E-state index contributed by atoms with van der Waals surface area (Å²) in [6.07, 6.45) is 4.95. The van der Waals surface area contributed by atoms with Gasteiger partial charge in [0.2, 0.25) is 0 Å². The van der Waals surface area contributed by atoms with E-state index in [4.69, 9.17) is 4.74 Å². The summed E-state index contributed by atoms with van der Waals surface area (Å²) in [6.45, 7) is 4.31. The molecule has 0 saturated carbocycles. The van der Waals surface area contributed by atoms with E-state index >= 15 is 0 Å². The zero-order valence-electron chi connectivity index (χ0n) is 11.9. The van der Waals surface area contributed by atoms with Crippen LogP contribution in [0.4, 0.5) is 0 Å². The second-order valence-electron chi connectivity index (χ2n) is 5.02. The third-order valence-corrected chi connectivity index (χ3v) is 3.19. The topological polar surface area (TPSA) is 9.23 Å². The van der Waals surface area contributed by atoms with Crippen LogP contribution >= 0.6 is 0 Å². The molecule has 0 radical (unpaired) electrons. The fourth-order valence-corrected chi connectivity index (χ4v) is 2.16. The normalized spacial score (nSPS) is 10.4. The molecule has 1 heteroatoms. The summed E-state index contributed by atoms with van der Waals surface area (Å²) in [5.74, 6) is 1.84. The standard InChI is InChI=1S/C18H22O/c1-3-4-5-9-16-10-7-12-18(14-16)19-17-11-6-8-15(2)13-17/h6-8,10-14H,3-5,9H2,1-2H3. The summed E-state index contributed by atoms with van der Waals surface area (Å²) in [4.78, 5) is 0. The van der Waals surface area contributed by atoms with E-state index in [1.54, 1.807) is 0 Å². The van der Waals surface area contributed by atoms with Crippen LogP contribution in [0.25, 0.3) is 0 Å². The highest BCUT2D eigenvalue weighted by Crippen LogP contribution is 2.23. The van der Waals surface area contributed by atoms with Gasteiger partial charge in [-0.05, 0) is 55.2 Å². The molecule has 0 heterocycles. The van der Waals surface area contributed by atoms with Crippen LogP contribution in [-0.4, -0.2) is 0 Å². The molecule has 2 aromatic carbocycles. The number of benzene rings is 2. The van der Waals surface area contributed by atoms with Gasteiger partial charge in [0.15, 0.2) is 0 Å². The minimum absolute atomic E-state index is 0.908. The summed E-state index contributed by atoms with van der Waals surface area (Å²) in [5, 5.41) is 0. The Kier molecular flexibility index (Phi) is 5.02. The lowest BCUT2D eigenvalue weighted by Crippen LogP contribution is -1.89. The van der Waals surface area contributed by atoms with Crippen LogP contribution in [0.15, 0.2) is 48.5 Å². The van der Waals surface area contributed by atoms with Crippen molar-refractivity contribution in [2.45, 2.75) is 39.5 Å². The molecule has 0 unspecified atom stereocenters. The van der Waals surface area contributed by atoms with Crippen LogP contribution < -0.4 is 4.74 Å². The summed E-state index contributed by atoms with van der Waals surface area (Å²) in [7, 11) is 0. The van der Waals surface area contributed by atoms with Crippen molar-refractivity contribution in [2.24, 2.45) is 0 Å². The first kappa shape index (κ1) is 13.7. The Balaban J connectivity index is 2.02. The molecule has 0 bridgehead atoms. The number of hydrogen-bond acceptors (Lipinski definition) is 1. The lowest BCUT2D eigenvalue weighted by atomic mass is 10.1. The molecule has 0 aliphatic carbocycles. The second kappa shape index (κ2) is 6.98. The van der Waals surface area contributed by atoms with Gasteiger partial charge in [-0.15, -0.1) is 0 Å². The second-order valence-corrected chi connectivity index (χ2v) is 5.02. The number of rotatable bonds is 6. The van der Waals surface area contributed by atoms with E-state index in [1.165, 1.54) is 30.4 Å². The zero-order valence-corrected chi connectivity index (χ0v) is 11.9. The van der Waals surface area contributed by atoms with E-state index in [1.807, 2.05) is 18.2 Å². The maximum atomic E-state index is 5.91. The largest absolute Gasteiger partial charge is 0.457 e. The van der Waals surface area contributed by atoms with Crippen molar-refractivity contribution >= 4 is 0 Å². The molecule has 0 aliphatic rings. The average Bonchev–Trinajstić information content (AvgIpc) is 2.39. The van der Waals surface area contributed by atoms with Crippen LogP contribution in [0.5, 0.6) is 11.5 Å². The molecule has 0 spiro atoms. The van der Waals surface area contributed by atoms with Crippen molar-refractivity contribution in [3.05, 3.63) is 59.7 Å². The third-order valence-electron chi connectivity index (χ3n) is 3.19. The maximum absolute atomic E-state index is 5.91. The molecule has 19 heavy (non-hydrogen) atoms. The van der Waals surface area contributed by atoms with Crippen LogP contribution in [0.3, 0.4) is 0 Å². The van der Waals surface area contributed by atoms with E-state index in [0.717, 1.165) is 17.9 Å². The van der Waals surface area contributed by atoms with Crippen LogP contribution in [0, 0.1) is 6.92 Å². The fraction of sp³-hybridized carbons (Fsp3) is 0.333. The summed E-state index contributed by atoms with van der Waals surface area (Å²) < 4.78 is 5.91. The van der Waals surface area contributed by atoms with E-state index in [2.05, 4.69) is 44.2 Å². The van der Waals surface area contributed by atoms with Gasteiger partial charge in [0, 0.05) is 0 Å². The highest BCUT2D eigenvalue weighted by Gasteiger charge is 1.99. The highest BCUT2D eigenvalue weighted by molar-refractivity contribution is 5.35. The molecule has 0 aromatic heterocycles. The molecule has 0 aliphatic heterocycles. The van der Waals surface area contributed by atoms with Gasteiger partial charge in [-0.25, -0.2) is 0 Å². The Labute approximate surface area is 116 Å². The van der Waals surface area contributed by atoms with Gasteiger partial charge in [-0.3, -0.25) is 0 Å². The van der Waals surface area contributed by atoms with Gasteiger partial charge in [-0.1, -0.05) is 44.0 Å². The quantitative estimate of drug-likeness (QED) is 0.617. The predicted octanol–water partition coefficient (Wildman–Crippen LogP) is 5.52. The van der Waals surface area contributed by atoms with Crippen molar-refractivity contribution in [2.75, 3.05) is 0 Å². The van der Waals surface area contributed by atoms with Crippen LogP contribution in [0.1, 0.15) is 37.3 Å². The first-order chi connectivity index (χ1) is 9.28. The van der Waals surface area contributed by atoms with Crippen molar-refractivity contribution in [1.29, 1.82) is 0 Å². The third kappa shape index (κ3) is 4.44. The molecule has 1 nitrogen and oxygen atoms in total. The van der Waals surface area contributed by atoms with Crippen LogP contribution in [-0.2, 0) is 6.42 Å². The minimum Gasteiger partial charge on any atom is -0.457 e. The first-order valence-electron chi connectivity index (χ1n) is 7.11. The number of ether oxygens (including phenoxy) is 1. The lowest BCUT2D eigenvalue weighted by Gasteiger charge is -2.08. The van der Waals surface area contributed by atoms with Crippen molar-refractivity contribution in [1.82, 2.24) is 0 Å². The molecule has 0 fully saturated rings. The number of unbranched alkanes of at least 4 members (excludes halogenated alkanes) is 2. The summed E-state index contributed by atoms with van der Waals surface area (Å²) >= 11 is 0. The molecule has 0 amide bonds. The van der Waals surface area contributed by atoms with Gasteiger partial charge in [0.1, 0.15) is 11.5 Å². The Morgan fingerprint density at radius 1 is 0.895 bits per heavy atom. The minimum atomic E-state index is 0.908. The van der Waals surface area contributed by atoms with Gasteiger partial charge in [-0.2, -0.15) is 0 Å². The molecule has 0 atom stereocenters. The van der Waals surface area contributed by atoms with Gasteiger partial charge in [0.05, 0.1) is 0 Å². The molecule has 0 N–H and O–H groups in total. The van der Waals surface area contributed by atoms with E-state index in [-0.39, 0.29) is 0 Å². The predicted molar refractivity (Wildman–Crippen MR) is 80.9 cm³/mol. The molecular formula is C18H22O. The van der Waals surface area contributed by atoms with E-state index in [9.17, 15) is 0 Å². The lowest BCUT2D eigenvalue weighted by molar-refractivity contribution is 0.481. The Morgan fingerprint density at radius 3 is 2.37 bits per heavy atom. The van der Waals surface area contributed by atoms with Crippen molar-refractivity contribution < 1.29 is 4.74 Å². The summed E-state index contributed by atoms with van der Waals surface area (Å²) in [5.41, 5.74) is 2.58. The maximum Gasteiger partial charge on any atom is 0.127 e. The average molecular weight is 254 g/mol.